The van der Waals surface area contributed by atoms with Crippen LogP contribution < -0.4 is 4.74 Å². The second-order valence-corrected chi connectivity index (χ2v) is 5.83. The van der Waals surface area contributed by atoms with E-state index in [-0.39, 0.29) is 0 Å². The Morgan fingerprint density at radius 3 is 2.82 bits per heavy atom. The van der Waals surface area contributed by atoms with Crippen LogP contribution in [0.4, 0.5) is 0 Å². The van der Waals surface area contributed by atoms with E-state index in [0.717, 1.165) is 28.8 Å². The van der Waals surface area contributed by atoms with E-state index >= 15 is 0 Å². The Bertz CT molecular complexity index is 693. The van der Waals surface area contributed by atoms with E-state index in [1.54, 1.807) is 31.5 Å². The molecule has 0 fully saturated rings. The molecule has 0 bridgehead atoms. The number of rotatable bonds is 7. The molecule has 0 aliphatic rings. The topological polar surface area (TPSA) is 53.1 Å². The summed E-state index contributed by atoms with van der Waals surface area (Å²) in [5.41, 5.74) is 1.28. The predicted octanol–water partition coefficient (Wildman–Crippen LogP) is 3.26. The maximum atomic E-state index is 5.36. The molecule has 114 valence electrons. The molecule has 5 nitrogen and oxygen atoms in total. The first-order valence-corrected chi connectivity index (χ1v) is 7.99. The molecule has 0 radical (unpaired) electrons. The van der Waals surface area contributed by atoms with E-state index in [2.05, 4.69) is 22.3 Å². The molecule has 22 heavy (non-hydrogen) atoms. The minimum Gasteiger partial charge on any atom is -0.497 e. The highest BCUT2D eigenvalue weighted by Gasteiger charge is 2.07. The minimum absolute atomic E-state index is 0.658. The van der Waals surface area contributed by atoms with Crippen molar-refractivity contribution in [3.05, 3.63) is 60.3 Å². The van der Waals surface area contributed by atoms with Gasteiger partial charge >= 0.3 is 0 Å². The summed E-state index contributed by atoms with van der Waals surface area (Å²) in [5.74, 6) is 2.73. The summed E-state index contributed by atoms with van der Waals surface area (Å²) in [7, 11) is 1.68. The lowest BCUT2D eigenvalue weighted by atomic mass is 10.2. The summed E-state index contributed by atoms with van der Waals surface area (Å²) in [6.45, 7) is 0.658. The third-order valence-electron chi connectivity index (χ3n) is 3.27. The number of hydrogen-bond acceptors (Lipinski definition) is 5. The van der Waals surface area contributed by atoms with Gasteiger partial charge in [-0.2, -0.15) is 0 Å². The Balaban J connectivity index is 1.54. The minimum atomic E-state index is 0.658. The Kier molecular flexibility index (Phi) is 4.80. The zero-order chi connectivity index (χ0) is 15.2. The fourth-order valence-electron chi connectivity index (χ4n) is 2.09. The summed E-state index contributed by atoms with van der Waals surface area (Å²) in [6.07, 6.45) is 4.39. The van der Waals surface area contributed by atoms with Gasteiger partial charge in [0.05, 0.1) is 19.9 Å². The van der Waals surface area contributed by atoms with E-state index in [1.165, 1.54) is 5.56 Å². The van der Waals surface area contributed by atoms with Gasteiger partial charge in [0.2, 0.25) is 0 Å². The van der Waals surface area contributed by atoms with Crippen molar-refractivity contribution in [3.8, 4) is 5.75 Å². The number of aromatic nitrogens is 3. The third kappa shape index (κ3) is 3.71. The number of nitrogens with zero attached hydrogens (tertiary/aromatic N) is 3. The van der Waals surface area contributed by atoms with Gasteiger partial charge in [-0.25, -0.2) is 0 Å². The summed E-state index contributed by atoms with van der Waals surface area (Å²) < 4.78 is 12.5. The Morgan fingerprint density at radius 2 is 2.09 bits per heavy atom. The summed E-state index contributed by atoms with van der Waals surface area (Å²) in [5, 5.41) is 9.06. The Morgan fingerprint density at radius 1 is 1.23 bits per heavy atom. The number of aryl methyl sites for hydroxylation is 1. The SMILES string of the molecule is COc1ccc(CCSc2nncn2Cc2ccco2)cc1. The zero-order valence-electron chi connectivity index (χ0n) is 12.3. The fourth-order valence-corrected chi connectivity index (χ4v) is 2.99. The van der Waals surface area contributed by atoms with Crippen molar-refractivity contribution in [1.29, 1.82) is 0 Å². The standard InChI is InChI=1S/C16H17N3O2S/c1-20-14-6-4-13(5-7-14)8-10-22-16-18-17-12-19(16)11-15-3-2-9-21-15/h2-7,9,12H,8,10-11H2,1H3. The summed E-state index contributed by atoms with van der Waals surface area (Å²) in [6, 6.07) is 12.0. The highest BCUT2D eigenvalue weighted by atomic mass is 32.2. The van der Waals surface area contributed by atoms with Crippen molar-refractivity contribution < 1.29 is 9.15 Å². The number of furan rings is 1. The average molecular weight is 315 g/mol. The van der Waals surface area contributed by atoms with Crippen LogP contribution in [0.15, 0.2) is 58.6 Å². The molecule has 3 aromatic rings. The maximum absolute atomic E-state index is 5.36. The van der Waals surface area contributed by atoms with Gasteiger partial charge in [-0.05, 0) is 36.2 Å². The molecule has 0 spiro atoms. The third-order valence-corrected chi connectivity index (χ3v) is 4.25. The van der Waals surface area contributed by atoms with Crippen LogP contribution in [0.1, 0.15) is 11.3 Å². The van der Waals surface area contributed by atoms with Crippen molar-refractivity contribution in [3.63, 3.8) is 0 Å². The molecule has 2 aromatic heterocycles. The van der Waals surface area contributed by atoms with Crippen molar-refractivity contribution >= 4 is 11.8 Å². The van der Waals surface area contributed by atoms with E-state index in [0.29, 0.717) is 6.54 Å². The number of methoxy groups -OCH3 is 1. The van der Waals surface area contributed by atoms with Crippen LogP contribution in [0, 0.1) is 0 Å². The summed E-state index contributed by atoms with van der Waals surface area (Å²) in [4.78, 5) is 0. The molecular formula is C16H17N3O2S. The van der Waals surface area contributed by atoms with Crippen LogP contribution in [-0.2, 0) is 13.0 Å². The largest absolute Gasteiger partial charge is 0.497 e. The lowest BCUT2D eigenvalue weighted by Crippen LogP contribution is -2.00. The van der Waals surface area contributed by atoms with Crippen LogP contribution in [0.25, 0.3) is 0 Å². The molecule has 0 aliphatic heterocycles. The van der Waals surface area contributed by atoms with Gasteiger partial charge in [0.15, 0.2) is 5.16 Å². The van der Waals surface area contributed by atoms with Gasteiger partial charge in [0.1, 0.15) is 17.8 Å². The smallest absolute Gasteiger partial charge is 0.191 e. The molecule has 3 rings (SSSR count). The summed E-state index contributed by atoms with van der Waals surface area (Å²) >= 11 is 1.70. The number of benzene rings is 1. The van der Waals surface area contributed by atoms with Crippen LogP contribution in [0.3, 0.4) is 0 Å². The quantitative estimate of drug-likeness (QED) is 0.626. The lowest BCUT2D eigenvalue weighted by Gasteiger charge is -2.05. The highest BCUT2D eigenvalue weighted by Crippen LogP contribution is 2.19. The monoisotopic (exact) mass is 315 g/mol. The highest BCUT2D eigenvalue weighted by molar-refractivity contribution is 7.99. The molecule has 1 aromatic carbocycles. The maximum Gasteiger partial charge on any atom is 0.191 e. The first-order valence-electron chi connectivity index (χ1n) is 7.01. The van der Waals surface area contributed by atoms with Crippen molar-refractivity contribution in [2.75, 3.05) is 12.9 Å². The van der Waals surface area contributed by atoms with Gasteiger partial charge in [0, 0.05) is 5.75 Å². The van der Waals surface area contributed by atoms with Gasteiger partial charge < -0.3 is 13.7 Å². The molecule has 0 saturated carbocycles. The number of hydrogen-bond donors (Lipinski definition) is 0. The number of ether oxygens (including phenoxy) is 1. The fraction of sp³-hybridized carbons (Fsp3) is 0.250. The molecule has 0 saturated heterocycles. The van der Waals surface area contributed by atoms with Gasteiger partial charge in [-0.15, -0.1) is 10.2 Å². The van der Waals surface area contributed by atoms with Gasteiger partial charge in [0.25, 0.3) is 0 Å². The number of thioether (sulfide) groups is 1. The van der Waals surface area contributed by atoms with Crippen LogP contribution in [0.5, 0.6) is 5.75 Å². The second-order valence-electron chi connectivity index (χ2n) is 4.77. The van der Waals surface area contributed by atoms with E-state index in [1.807, 2.05) is 28.8 Å². The van der Waals surface area contributed by atoms with E-state index < -0.39 is 0 Å². The van der Waals surface area contributed by atoms with Gasteiger partial charge in [-0.1, -0.05) is 23.9 Å². The molecular weight excluding hydrogens is 298 g/mol. The van der Waals surface area contributed by atoms with Crippen LogP contribution in [-0.4, -0.2) is 27.6 Å². The normalized spacial score (nSPS) is 10.8. The van der Waals surface area contributed by atoms with Crippen LogP contribution in [0.2, 0.25) is 0 Å². The first kappa shape index (κ1) is 14.7. The molecule has 0 atom stereocenters. The first-order chi connectivity index (χ1) is 10.8. The predicted molar refractivity (Wildman–Crippen MR) is 85.3 cm³/mol. The molecule has 0 aliphatic carbocycles. The van der Waals surface area contributed by atoms with Gasteiger partial charge in [-0.3, -0.25) is 0 Å². The Hall–Kier alpha value is -2.21. The van der Waals surface area contributed by atoms with Crippen molar-refractivity contribution in [2.24, 2.45) is 0 Å². The molecule has 0 amide bonds. The second kappa shape index (κ2) is 7.17. The van der Waals surface area contributed by atoms with Crippen LogP contribution >= 0.6 is 11.8 Å². The average Bonchev–Trinajstić information content (AvgIpc) is 3.21. The van der Waals surface area contributed by atoms with Crippen molar-refractivity contribution in [2.45, 2.75) is 18.1 Å². The zero-order valence-corrected chi connectivity index (χ0v) is 13.1. The van der Waals surface area contributed by atoms with Crippen molar-refractivity contribution in [1.82, 2.24) is 14.8 Å². The lowest BCUT2D eigenvalue weighted by molar-refractivity contribution is 0.414. The van der Waals surface area contributed by atoms with E-state index in [9.17, 15) is 0 Å². The Labute approximate surface area is 133 Å². The molecule has 0 N–H and O–H groups in total. The van der Waals surface area contributed by atoms with E-state index in [4.69, 9.17) is 9.15 Å². The molecule has 2 heterocycles. The molecule has 0 unspecified atom stereocenters. The molecule has 6 heteroatoms.